The molecule has 14 heavy (non-hydrogen) atoms. The number of methoxy groups -OCH3 is 1. The molecule has 74 valence electrons. The van der Waals surface area contributed by atoms with E-state index in [4.69, 9.17) is 14.9 Å². The Morgan fingerprint density at radius 1 is 1.29 bits per heavy atom. The molecular weight excluding hydrogens is 184 g/mol. The van der Waals surface area contributed by atoms with Crippen molar-refractivity contribution in [1.82, 2.24) is 0 Å². The molecule has 0 saturated heterocycles. The topological polar surface area (TPSA) is 66.8 Å². The monoisotopic (exact) mass is 194 g/mol. The maximum Gasteiger partial charge on any atom is 0.150 e. The van der Waals surface area contributed by atoms with E-state index in [2.05, 4.69) is 0 Å². The molecule has 4 heteroatoms. The maximum atomic E-state index is 10.6. The van der Waals surface area contributed by atoms with E-state index in [0.29, 0.717) is 22.5 Å². The lowest BCUT2D eigenvalue weighted by Gasteiger charge is -2.02. The summed E-state index contributed by atoms with van der Waals surface area (Å²) in [7, 11) is 1.41. The highest BCUT2D eigenvalue weighted by Gasteiger charge is 2.01. The van der Waals surface area contributed by atoms with Crippen molar-refractivity contribution >= 4 is 18.8 Å². The summed E-state index contributed by atoms with van der Waals surface area (Å²) in [4.78, 5) is 10.6. The Kier molecular flexibility index (Phi) is 3.12. The van der Waals surface area contributed by atoms with Crippen molar-refractivity contribution in [3.63, 3.8) is 0 Å². The van der Waals surface area contributed by atoms with Gasteiger partial charge in [-0.15, -0.1) is 0 Å². The lowest BCUT2D eigenvalue weighted by molar-refractivity contribution is 0.112. The minimum Gasteiger partial charge on any atom is -0.515 e. The Morgan fingerprint density at radius 3 is 2.43 bits per heavy atom. The van der Waals surface area contributed by atoms with Gasteiger partial charge in [0.1, 0.15) is 5.75 Å². The molecule has 1 rings (SSSR count). The van der Waals surface area contributed by atoms with Crippen molar-refractivity contribution in [3.8, 4) is 5.75 Å². The number of carbonyl (C=O) groups is 1. The zero-order chi connectivity index (χ0) is 10.6. The maximum absolute atomic E-state index is 10.6. The van der Waals surface area contributed by atoms with Crippen LogP contribution < -0.4 is 15.2 Å². The fourth-order valence-electron chi connectivity index (χ4n) is 1.15. The highest BCUT2D eigenvalue weighted by atomic mass is 16.5. The summed E-state index contributed by atoms with van der Waals surface area (Å²) in [5.74, 6) is 0.331. The molecule has 1 aromatic rings. The van der Waals surface area contributed by atoms with Crippen LogP contribution in [0.5, 0.6) is 5.75 Å². The van der Waals surface area contributed by atoms with Gasteiger partial charge in [0.05, 0.1) is 24.9 Å². The Bertz CT molecular complexity index is 448. The number of hydrogen-bond donors (Lipinski definition) is 2. The second-order valence-electron chi connectivity index (χ2n) is 2.60. The summed E-state index contributed by atoms with van der Waals surface area (Å²) in [6, 6.07) is 2.95. The van der Waals surface area contributed by atoms with E-state index in [-0.39, 0.29) is 5.56 Å². The molecule has 0 aliphatic carbocycles. The smallest absolute Gasteiger partial charge is 0.150 e. The van der Waals surface area contributed by atoms with Crippen LogP contribution >= 0.6 is 0 Å². The molecule has 0 heterocycles. The van der Waals surface area contributed by atoms with Gasteiger partial charge in [-0.2, -0.15) is 0 Å². The van der Waals surface area contributed by atoms with Gasteiger partial charge in [-0.3, -0.25) is 4.79 Å². The first-order valence-electron chi connectivity index (χ1n) is 3.89. The summed E-state index contributed by atoms with van der Waals surface area (Å²) in [6.07, 6.45) is 2.23. The summed E-state index contributed by atoms with van der Waals surface area (Å²) < 4.78 is 4.94. The van der Waals surface area contributed by atoms with E-state index in [1.807, 2.05) is 0 Å². The first-order valence-corrected chi connectivity index (χ1v) is 3.89. The average molecular weight is 194 g/mol. The largest absolute Gasteiger partial charge is 0.515 e. The zero-order valence-corrected chi connectivity index (χ0v) is 7.60. The van der Waals surface area contributed by atoms with Crippen LogP contribution in [0.4, 0.5) is 0 Å². The Hall–Kier alpha value is -1.97. The number of carbonyl (C=O) groups excluding carboxylic acids is 1. The third-order valence-electron chi connectivity index (χ3n) is 1.82. The number of aliphatic hydroxyl groups is 2. The quantitative estimate of drug-likeness (QED) is 0.655. The van der Waals surface area contributed by atoms with Gasteiger partial charge < -0.3 is 14.9 Å². The number of ether oxygens (including phenoxy) is 1. The van der Waals surface area contributed by atoms with Crippen molar-refractivity contribution in [2.24, 2.45) is 0 Å². The van der Waals surface area contributed by atoms with Crippen LogP contribution in [0.1, 0.15) is 10.4 Å². The van der Waals surface area contributed by atoms with Crippen molar-refractivity contribution < 1.29 is 19.7 Å². The lowest BCUT2D eigenvalue weighted by Crippen LogP contribution is -2.18. The number of hydrogen-bond acceptors (Lipinski definition) is 4. The van der Waals surface area contributed by atoms with Gasteiger partial charge in [0.25, 0.3) is 0 Å². The van der Waals surface area contributed by atoms with E-state index in [0.717, 1.165) is 12.5 Å². The number of aldehydes is 1. The Labute approximate surface area is 80.4 Å². The summed E-state index contributed by atoms with van der Waals surface area (Å²) in [5.41, 5.74) is 0.257. The molecule has 0 atom stereocenters. The number of aliphatic hydroxyl groups excluding tert-OH is 2. The molecule has 0 bridgehead atoms. The minimum atomic E-state index is 0.257. The van der Waals surface area contributed by atoms with Crippen LogP contribution in [0.2, 0.25) is 0 Å². The van der Waals surface area contributed by atoms with Crippen LogP contribution in [0.15, 0.2) is 12.1 Å². The second kappa shape index (κ2) is 4.32. The zero-order valence-electron chi connectivity index (χ0n) is 7.60. The SMILES string of the molecule is COc1cc(=CO)cc(C=O)c1=CO. The van der Waals surface area contributed by atoms with Crippen molar-refractivity contribution in [3.05, 3.63) is 28.1 Å². The summed E-state index contributed by atoms with van der Waals surface area (Å²) in [5, 5.41) is 18.4. The molecule has 0 aromatic heterocycles. The minimum absolute atomic E-state index is 0.257. The highest BCUT2D eigenvalue weighted by Crippen LogP contribution is 1.99. The fourth-order valence-corrected chi connectivity index (χ4v) is 1.15. The van der Waals surface area contributed by atoms with E-state index in [1.165, 1.54) is 19.2 Å². The number of benzene rings is 1. The van der Waals surface area contributed by atoms with Crippen molar-refractivity contribution in [2.75, 3.05) is 7.11 Å². The summed E-state index contributed by atoms with van der Waals surface area (Å²) in [6.45, 7) is 0. The first-order chi connectivity index (χ1) is 6.76. The predicted octanol–water partition coefficient (Wildman–Crippen LogP) is 0.0997. The molecule has 0 aliphatic heterocycles. The first kappa shape index (κ1) is 10.1. The molecule has 4 nitrogen and oxygen atoms in total. The summed E-state index contributed by atoms with van der Waals surface area (Å²) >= 11 is 0. The molecule has 0 saturated carbocycles. The highest BCUT2D eigenvalue weighted by molar-refractivity contribution is 5.76. The molecule has 0 aliphatic rings. The molecule has 0 spiro atoms. The van der Waals surface area contributed by atoms with Crippen LogP contribution in [-0.4, -0.2) is 23.6 Å². The van der Waals surface area contributed by atoms with Crippen molar-refractivity contribution in [1.29, 1.82) is 0 Å². The predicted molar refractivity (Wildman–Crippen MR) is 51.8 cm³/mol. The Balaban J connectivity index is 3.66. The van der Waals surface area contributed by atoms with Gasteiger partial charge in [0, 0.05) is 10.8 Å². The van der Waals surface area contributed by atoms with Gasteiger partial charge >= 0.3 is 0 Å². The van der Waals surface area contributed by atoms with E-state index >= 15 is 0 Å². The van der Waals surface area contributed by atoms with Crippen LogP contribution in [-0.2, 0) is 0 Å². The van der Waals surface area contributed by atoms with Gasteiger partial charge in [0.2, 0.25) is 0 Å². The van der Waals surface area contributed by atoms with E-state index in [1.54, 1.807) is 0 Å². The molecule has 0 radical (unpaired) electrons. The van der Waals surface area contributed by atoms with Gasteiger partial charge in [-0.05, 0) is 12.1 Å². The molecule has 0 fully saturated rings. The van der Waals surface area contributed by atoms with E-state index < -0.39 is 0 Å². The van der Waals surface area contributed by atoms with Gasteiger partial charge in [0.15, 0.2) is 6.29 Å². The van der Waals surface area contributed by atoms with E-state index in [9.17, 15) is 4.79 Å². The van der Waals surface area contributed by atoms with Gasteiger partial charge in [-0.1, -0.05) is 0 Å². The average Bonchev–Trinajstić information content (AvgIpc) is 2.26. The van der Waals surface area contributed by atoms with Crippen LogP contribution in [0.3, 0.4) is 0 Å². The second-order valence-corrected chi connectivity index (χ2v) is 2.60. The van der Waals surface area contributed by atoms with Crippen LogP contribution in [0, 0.1) is 0 Å². The Morgan fingerprint density at radius 2 is 2.00 bits per heavy atom. The molecule has 0 amide bonds. The standard InChI is InChI=1S/C10H10O4/c1-14-10-3-7(4-11)2-8(5-12)9(10)6-13/h2-6,11,13H,1H3. The molecule has 0 unspecified atom stereocenters. The van der Waals surface area contributed by atoms with Crippen LogP contribution in [0.25, 0.3) is 12.5 Å². The molecular formula is C10H10O4. The number of rotatable bonds is 2. The normalized spacial score (nSPS) is 12.9. The van der Waals surface area contributed by atoms with Gasteiger partial charge in [-0.25, -0.2) is 0 Å². The third kappa shape index (κ3) is 1.69. The lowest BCUT2D eigenvalue weighted by atomic mass is 10.1. The van der Waals surface area contributed by atoms with Crippen molar-refractivity contribution in [2.45, 2.75) is 0 Å². The third-order valence-corrected chi connectivity index (χ3v) is 1.82. The molecule has 2 N–H and O–H groups in total. The molecule has 1 aromatic carbocycles. The fraction of sp³-hybridized carbons (Fsp3) is 0.100.